The summed E-state index contributed by atoms with van der Waals surface area (Å²) in [6.07, 6.45) is 1.43. The Morgan fingerprint density at radius 1 is 1.24 bits per heavy atom. The van der Waals surface area contributed by atoms with Crippen molar-refractivity contribution in [2.75, 3.05) is 24.6 Å². The third-order valence-electron chi connectivity index (χ3n) is 4.81. The Morgan fingerprint density at radius 3 is 2.56 bits per heavy atom. The molecule has 0 saturated carbocycles. The number of esters is 1. The second-order valence-electron chi connectivity index (χ2n) is 6.30. The first-order chi connectivity index (χ1) is 12.0. The van der Waals surface area contributed by atoms with Crippen molar-refractivity contribution in [1.82, 2.24) is 4.90 Å². The molecule has 2 aliphatic rings. The molecule has 2 fully saturated rings. The summed E-state index contributed by atoms with van der Waals surface area (Å²) < 4.78 is 5.07. The summed E-state index contributed by atoms with van der Waals surface area (Å²) in [5.41, 5.74) is 0.433. The number of carbonyl (C=O) groups is 3. The number of rotatable bonds is 4. The lowest BCUT2D eigenvalue weighted by molar-refractivity contribution is -0.149. The van der Waals surface area contributed by atoms with Crippen LogP contribution in [0.25, 0.3) is 0 Å². The van der Waals surface area contributed by atoms with Crippen LogP contribution < -0.4 is 4.90 Å². The Labute approximate surface area is 151 Å². The van der Waals surface area contributed by atoms with Crippen LogP contribution in [0.1, 0.15) is 26.2 Å². The number of amides is 2. The number of nitrogens with zero attached hydrogens (tertiary/aromatic N) is 2. The molecule has 25 heavy (non-hydrogen) atoms. The highest BCUT2D eigenvalue weighted by atomic mass is 35.5. The molecule has 0 radical (unpaired) electrons. The van der Waals surface area contributed by atoms with Crippen LogP contribution in [0.4, 0.5) is 5.69 Å². The van der Waals surface area contributed by atoms with E-state index in [9.17, 15) is 14.4 Å². The number of likely N-dealkylation sites (tertiary alicyclic amines) is 1. The molecule has 7 heteroatoms. The summed E-state index contributed by atoms with van der Waals surface area (Å²) in [4.78, 5) is 40.2. The maximum atomic E-state index is 12.8. The molecular formula is C18H21ClN2O4. The van der Waals surface area contributed by atoms with Crippen molar-refractivity contribution in [3.8, 4) is 0 Å². The van der Waals surface area contributed by atoms with Gasteiger partial charge in [0.1, 0.15) is 0 Å². The van der Waals surface area contributed by atoms with E-state index < -0.39 is 6.04 Å². The van der Waals surface area contributed by atoms with Gasteiger partial charge >= 0.3 is 5.97 Å². The lowest BCUT2D eigenvalue weighted by atomic mass is 9.95. The minimum absolute atomic E-state index is 0.122. The van der Waals surface area contributed by atoms with Gasteiger partial charge in [-0.2, -0.15) is 0 Å². The molecule has 0 spiro atoms. The van der Waals surface area contributed by atoms with Crippen LogP contribution >= 0.6 is 11.6 Å². The number of ether oxygens (including phenoxy) is 1. The fourth-order valence-electron chi connectivity index (χ4n) is 3.49. The number of para-hydroxylation sites is 1. The van der Waals surface area contributed by atoms with Crippen LogP contribution in [0.3, 0.4) is 0 Å². The van der Waals surface area contributed by atoms with Crippen LogP contribution in [0, 0.1) is 5.92 Å². The standard InChI is InChI=1S/C18H21ClN2O4/c1-2-25-18(24)12-7-9-20(10-8-12)15-11-16(22)21(17(15)23)14-6-4-3-5-13(14)19/h3-6,12,15H,2,7-11H2,1H3/t15-/m0/s1. The molecule has 0 N–H and O–H groups in total. The molecule has 1 aromatic carbocycles. The monoisotopic (exact) mass is 364 g/mol. The van der Waals surface area contributed by atoms with Gasteiger partial charge in [0.05, 0.1) is 35.7 Å². The average molecular weight is 365 g/mol. The van der Waals surface area contributed by atoms with Crippen molar-refractivity contribution in [2.45, 2.75) is 32.2 Å². The Balaban J connectivity index is 1.67. The summed E-state index contributed by atoms with van der Waals surface area (Å²) in [5, 5.41) is 0.380. The summed E-state index contributed by atoms with van der Waals surface area (Å²) in [5.74, 6) is -0.778. The minimum Gasteiger partial charge on any atom is -0.466 e. The molecule has 1 atom stereocenters. The van der Waals surface area contributed by atoms with Gasteiger partial charge < -0.3 is 4.74 Å². The lowest BCUT2D eigenvalue weighted by Crippen LogP contribution is -2.47. The van der Waals surface area contributed by atoms with Gasteiger partial charge in [-0.15, -0.1) is 0 Å². The van der Waals surface area contributed by atoms with Gasteiger partial charge in [-0.3, -0.25) is 19.3 Å². The van der Waals surface area contributed by atoms with Crippen LogP contribution in [0.5, 0.6) is 0 Å². The minimum atomic E-state index is -0.480. The fourth-order valence-corrected chi connectivity index (χ4v) is 3.71. The third-order valence-corrected chi connectivity index (χ3v) is 5.13. The van der Waals surface area contributed by atoms with Gasteiger partial charge in [0.15, 0.2) is 0 Å². The SMILES string of the molecule is CCOC(=O)C1CCN([C@H]2CC(=O)N(c3ccccc3Cl)C2=O)CC1. The van der Waals surface area contributed by atoms with E-state index in [1.54, 1.807) is 31.2 Å². The molecule has 1 aromatic rings. The summed E-state index contributed by atoms with van der Waals surface area (Å²) in [7, 11) is 0. The van der Waals surface area contributed by atoms with Crippen molar-refractivity contribution in [1.29, 1.82) is 0 Å². The predicted octanol–water partition coefficient (Wildman–Crippen LogP) is 2.25. The van der Waals surface area contributed by atoms with Crippen LogP contribution in [-0.4, -0.2) is 48.4 Å². The number of piperidine rings is 1. The van der Waals surface area contributed by atoms with Crippen molar-refractivity contribution in [3.05, 3.63) is 29.3 Å². The van der Waals surface area contributed by atoms with Gasteiger partial charge in [0.25, 0.3) is 5.91 Å². The van der Waals surface area contributed by atoms with E-state index >= 15 is 0 Å². The topological polar surface area (TPSA) is 66.9 Å². The number of hydrogen-bond acceptors (Lipinski definition) is 5. The smallest absolute Gasteiger partial charge is 0.309 e. The third kappa shape index (κ3) is 3.55. The zero-order valence-electron chi connectivity index (χ0n) is 14.1. The lowest BCUT2D eigenvalue weighted by Gasteiger charge is -2.33. The Kier molecular flexibility index (Phi) is 5.39. The summed E-state index contributed by atoms with van der Waals surface area (Å²) in [6.45, 7) is 3.37. The molecule has 2 heterocycles. The van der Waals surface area contributed by atoms with Crippen molar-refractivity contribution in [2.24, 2.45) is 5.92 Å². The van der Waals surface area contributed by atoms with Crippen LogP contribution in [0.15, 0.2) is 24.3 Å². The molecule has 2 aliphatic heterocycles. The maximum Gasteiger partial charge on any atom is 0.309 e. The molecule has 0 aliphatic carbocycles. The molecule has 3 rings (SSSR count). The first-order valence-electron chi connectivity index (χ1n) is 8.55. The average Bonchev–Trinajstić information content (AvgIpc) is 2.90. The maximum absolute atomic E-state index is 12.8. The molecule has 2 saturated heterocycles. The molecule has 0 bridgehead atoms. The number of anilines is 1. The molecule has 0 unspecified atom stereocenters. The highest BCUT2D eigenvalue weighted by Crippen LogP contribution is 2.32. The molecular weight excluding hydrogens is 344 g/mol. The zero-order chi connectivity index (χ0) is 18.0. The van der Waals surface area contributed by atoms with E-state index in [0.717, 1.165) is 0 Å². The number of benzene rings is 1. The van der Waals surface area contributed by atoms with Gasteiger partial charge in [-0.25, -0.2) is 4.90 Å². The number of imide groups is 1. The van der Waals surface area contributed by atoms with Crippen molar-refractivity contribution >= 4 is 35.1 Å². The normalized spacial score (nSPS) is 22.5. The highest BCUT2D eigenvalue weighted by Gasteiger charge is 2.44. The van der Waals surface area contributed by atoms with Gasteiger partial charge in [-0.1, -0.05) is 23.7 Å². The quantitative estimate of drug-likeness (QED) is 0.605. The van der Waals surface area contributed by atoms with Crippen LogP contribution in [0.2, 0.25) is 5.02 Å². The fraction of sp³-hybridized carbons (Fsp3) is 0.500. The highest BCUT2D eigenvalue weighted by molar-refractivity contribution is 6.36. The van der Waals surface area contributed by atoms with E-state index in [4.69, 9.17) is 16.3 Å². The van der Waals surface area contributed by atoms with Gasteiger partial charge in [0, 0.05) is 0 Å². The van der Waals surface area contributed by atoms with E-state index in [1.165, 1.54) is 4.90 Å². The Morgan fingerprint density at radius 2 is 1.92 bits per heavy atom. The number of halogens is 1. The van der Waals surface area contributed by atoms with Crippen molar-refractivity contribution < 1.29 is 19.1 Å². The molecule has 0 aromatic heterocycles. The zero-order valence-corrected chi connectivity index (χ0v) is 14.9. The van der Waals surface area contributed by atoms with Crippen molar-refractivity contribution in [3.63, 3.8) is 0 Å². The molecule has 134 valence electrons. The predicted molar refractivity (Wildman–Crippen MR) is 93.3 cm³/mol. The van der Waals surface area contributed by atoms with Gasteiger partial charge in [-0.05, 0) is 45.0 Å². The number of carbonyl (C=O) groups excluding carboxylic acids is 3. The Bertz CT molecular complexity index is 685. The second-order valence-corrected chi connectivity index (χ2v) is 6.71. The van der Waals surface area contributed by atoms with E-state index in [0.29, 0.717) is 43.2 Å². The number of hydrogen-bond donors (Lipinski definition) is 0. The molecule has 2 amide bonds. The first-order valence-corrected chi connectivity index (χ1v) is 8.92. The molecule has 6 nitrogen and oxygen atoms in total. The van der Waals surface area contributed by atoms with E-state index in [-0.39, 0.29) is 30.1 Å². The van der Waals surface area contributed by atoms with E-state index in [1.807, 2.05) is 4.90 Å². The second kappa shape index (κ2) is 7.54. The largest absolute Gasteiger partial charge is 0.466 e. The van der Waals surface area contributed by atoms with Crippen LogP contribution in [-0.2, 0) is 19.1 Å². The summed E-state index contributed by atoms with van der Waals surface area (Å²) >= 11 is 6.14. The van der Waals surface area contributed by atoms with E-state index in [2.05, 4.69) is 0 Å². The first kappa shape index (κ1) is 17.9. The van der Waals surface area contributed by atoms with Gasteiger partial charge in [0.2, 0.25) is 5.91 Å². The summed E-state index contributed by atoms with van der Waals surface area (Å²) in [6, 6.07) is 6.37. The Hall–Kier alpha value is -1.92.